The van der Waals surface area contributed by atoms with Gasteiger partial charge in [0.05, 0.1) is 11.1 Å². The van der Waals surface area contributed by atoms with Crippen LogP contribution in [0.5, 0.6) is 0 Å². The molecule has 0 unspecified atom stereocenters. The summed E-state index contributed by atoms with van der Waals surface area (Å²) in [7, 11) is -3.55. The third-order valence-corrected chi connectivity index (χ3v) is 5.72. The van der Waals surface area contributed by atoms with Gasteiger partial charge in [0, 0.05) is 24.8 Å². The van der Waals surface area contributed by atoms with E-state index < -0.39 is 10.0 Å². The fourth-order valence-electron chi connectivity index (χ4n) is 2.50. The number of aromatic nitrogens is 2. The van der Waals surface area contributed by atoms with Crippen LogP contribution in [-0.4, -0.2) is 18.2 Å². The molecule has 0 spiro atoms. The second-order valence-corrected chi connectivity index (χ2v) is 7.32. The number of sulfonamides is 1. The maximum atomic E-state index is 12.7. The van der Waals surface area contributed by atoms with Crippen molar-refractivity contribution in [2.75, 3.05) is 0 Å². The van der Waals surface area contributed by atoms with Crippen LogP contribution in [0.15, 0.2) is 23.4 Å². The largest absolute Gasteiger partial charge is 0.273 e. The molecule has 0 bridgehead atoms. The molecule has 0 fully saturated rings. The highest BCUT2D eigenvalue weighted by Crippen LogP contribution is 2.26. The van der Waals surface area contributed by atoms with E-state index >= 15 is 0 Å². The Balaban J connectivity index is 2.31. The lowest BCUT2D eigenvalue weighted by Gasteiger charge is -2.16. The minimum absolute atomic E-state index is 0.244. The maximum Gasteiger partial charge on any atom is 0.241 e. The van der Waals surface area contributed by atoms with Crippen LogP contribution in [-0.2, 0) is 23.1 Å². The highest BCUT2D eigenvalue weighted by Gasteiger charge is 2.21. The fourth-order valence-corrected chi connectivity index (χ4v) is 4.13. The maximum absolute atomic E-state index is 12.7. The first-order valence-corrected chi connectivity index (χ1v) is 8.83. The van der Waals surface area contributed by atoms with Crippen LogP contribution in [0, 0.1) is 27.7 Å². The molecule has 6 heteroatoms. The number of hydrogen-bond donors (Lipinski definition) is 1. The first kappa shape index (κ1) is 16.7. The molecule has 0 atom stereocenters. The van der Waals surface area contributed by atoms with E-state index in [1.165, 1.54) is 0 Å². The minimum Gasteiger partial charge on any atom is -0.273 e. The Labute approximate surface area is 132 Å². The normalized spacial score (nSPS) is 11.9. The molecule has 0 aliphatic carbocycles. The van der Waals surface area contributed by atoms with E-state index in [0.717, 1.165) is 34.4 Å². The molecule has 2 aromatic rings. The van der Waals surface area contributed by atoms with Crippen LogP contribution >= 0.6 is 0 Å². The number of aryl methyl sites for hydroxylation is 3. The van der Waals surface area contributed by atoms with Gasteiger partial charge < -0.3 is 0 Å². The molecule has 1 aromatic heterocycles. The number of rotatable bonds is 5. The highest BCUT2D eigenvalue weighted by molar-refractivity contribution is 7.89. The quantitative estimate of drug-likeness (QED) is 0.920. The molecule has 0 aliphatic heterocycles. The van der Waals surface area contributed by atoms with Gasteiger partial charge in [0.2, 0.25) is 10.0 Å². The lowest BCUT2D eigenvalue weighted by Crippen LogP contribution is -2.25. The Morgan fingerprint density at radius 1 is 1.14 bits per heavy atom. The minimum atomic E-state index is -3.55. The second kappa shape index (κ2) is 6.22. The third-order valence-electron chi connectivity index (χ3n) is 4.04. The summed E-state index contributed by atoms with van der Waals surface area (Å²) >= 11 is 0. The van der Waals surface area contributed by atoms with Gasteiger partial charge in [0.1, 0.15) is 0 Å². The Bertz CT molecular complexity index is 766. The average molecular weight is 321 g/mol. The van der Waals surface area contributed by atoms with E-state index in [0.29, 0.717) is 4.90 Å². The molecule has 0 amide bonds. The molecule has 0 saturated heterocycles. The molecule has 0 radical (unpaired) electrons. The predicted octanol–water partition coefficient (Wildman–Crippen LogP) is 2.62. The number of nitrogens with one attached hydrogen (secondary N) is 1. The first-order chi connectivity index (χ1) is 10.3. The van der Waals surface area contributed by atoms with E-state index in [2.05, 4.69) is 9.82 Å². The van der Waals surface area contributed by atoms with Gasteiger partial charge in [-0.05, 0) is 56.9 Å². The summed E-state index contributed by atoms with van der Waals surface area (Å²) in [5.41, 5.74) is 4.44. The average Bonchev–Trinajstić information content (AvgIpc) is 2.91. The summed E-state index contributed by atoms with van der Waals surface area (Å²) < 4.78 is 29.8. The molecule has 22 heavy (non-hydrogen) atoms. The summed E-state index contributed by atoms with van der Waals surface area (Å²) in [6, 6.07) is 2.02. The molecular formula is C16H23N3O2S. The monoisotopic (exact) mass is 321 g/mol. The zero-order chi connectivity index (χ0) is 16.5. The van der Waals surface area contributed by atoms with Gasteiger partial charge in [0.25, 0.3) is 0 Å². The van der Waals surface area contributed by atoms with Crippen molar-refractivity contribution in [1.29, 1.82) is 0 Å². The molecule has 120 valence electrons. The van der Waals surface area contributed by atoms with Crippen LogP contribution < -0.4 is 4.72 Å². The van der Waals surface area contributed by atoms with Crippen molar-refractivity contribution >= 4 is 10.0 Å². The van der Waals surface area contributed by atoms with Crippen molar-refractivity contribution in [1.82, 2.24) is 14.5 Å². The summed E-state index contributed by atoms with van der Waals surface area (Å²) in [5.74, 6) is 0. The van der Waals surface area contributed by atoms with E-state index in [9.17, 15) is 8.42 Å². The van der Waals surface area contributed by atoms with Gasteiger partial charge in [-0.15, -0.1) is 0 Å². The SMILES string of the molecule is CCn1cc(CNS(=O)(=O)c2c(C)c(C)cc(C)c2C)cn1. The Morgan fingerprint density at radius 2 is 1.73 bits per heavy atom. The summed E-state index contributed by atoms with van der Waals surface area (Å²) in [4.78, 5) is 0.396. The summed E-state index contributed by atoms with van der Waals surface area (Å²) in [6.45, 7) is 10.6. The Hall–Kier alpha value is -1.66. The lowest BCUT2D eigenvalue weighted by molar-refractivity contribution is 0.579. The van der Waals surface area contributed by atoms with Gasteiger partial charge in [0.15, 0.2) is 0 Å². The molecule has 1 aromatic carbocycles. The van der Waals surface area contributed by atoms with Crippen LogP contribution in [0.3, 0.4) is 0 Å². The Kier molecular flexibility index (Phi) is 4.72. The number of benzene rings is 1. The van der Waals surface area contributed by atoms with E-state index in [4.69, 9.17) is 0 Å². The van der Waals surface area contributed by atoms with Crippen LogP contribution in [0.25, 0.3) is 0 Å². The third kappa shape index (κ3) is 3.23. The van der Waals surface area contributed by atoms with Crippen molar-refractivity contribution in [3.05, 3.63) is 46.3 Å². The highest BCUT2D eigenvalue weighted by atomic mass is 32.2. The summed E-state index contributed by atoms with van der Waals surface area (Å²) in [6.07, 6.45) is 3.54. The van der Waals surface area contributed by atoms with Crippen molar-refractivity contribution < 1.29 is 8.42 Å². The van der Waals surface area contributed by atoms with Crippen LogP contribution in [0.2, 0.25) is 0 Å². The lowest BCUT2D eigenvalue weighted by atomic mass is 10.0. The summed E-state index contributed by atoms with van der Waals surface area (Å²) in [5, 5.41) is 4.15. The van der Waals surface area contributed by atoms with Gasteiger partial charge >= 0.3 is 0 Å². The van der Waals surface area contributed by atoms with Gasteiger partial charge in [-0.2, -0.15) is 5.10 Å². The molecule has 0 saturated carbocycles. The number of hydrogen-bond acceptors (Lipinski definition) is 3. The first-order valence-electron chi connectivity index (χ1n) is 7.34. The zero-order valence-electron chi connectivity index (χ0n) is 13.8. The van der Waals surface area contributed by atoms with E-state index in [1.54, 1.807) is 10.9 Å². The molecule has 0 aliphatic rings. The molecule has 2 rings (SSSR count). The zero-order valence-corrected chi connectivity index (χ0v) is 14.6. The number of nitrogens with zero attached hydrogens (tertiary/aromatic N) is 2. The second-order valence-electron chi connectivity index (χ2n) is 5.62. The van der Waals surface area contributed by atoms with Gasteiger partial charge in [-0.1, -0.05) is 6.07 Å². The fraction of sp³-hybridized carbons (Fsp3) is 0.438. The van der Waals surface area contributed by atoms with Crippen molar-refractivity contribution in [2.24, 2.45) is 0 Å². The van der Waals surface area contributed by atoms with Crippen molar-refractivity contribution in [3.8, 4) is 0 Å². The van der Waals surface area contributed by atoms with Crippen LogP contribution in [0.4, 0.5) is 0 Å². The molecular weight excluding hydrogens is 298 g/mol. The Morgan fingerprint density at radius 3 is 2.23 bits per heavy atom. The van der Waals surface area contributed by atoms with Gasteiger partial charge in [-0.3, -0.25) is 4.68 Å². The predicted molar refractivity (Wildman–Crippen MR) is 87.3 cm³/mol. The van der Waals surface area contributed by atoms with E-state index in [1.807, 2.05) is 46.9 Å². The van der Waals surface area contributed by atoms with E-state index in [-0.39, 0.29) is 6.54 Å². The molecule has 5 nitrogen and oxygen atoms in total. The topological polar surface area (TPSA) is 64.0 Å². The molecule has 1 N–H and O–H groups in total. The van der Waals surface area contributed by atoms with Crippen molar-refractivity contribution in [3.63, 3.8) is 0 Å². The smallest absolute Gasteiger partial charge is 0.241 e. The van der Waals surface area contributed by atoms with Crippen molar-refractivity contribution in [2.45, 2.75) is 52.6 Å². The molecule has 1 heterocycles. The van der Waals surface area contributed by atoms with Gasteiger partial charge in [-0.25, -0.2) is 13.1 Å². The standard InChI is InChI=1S/C16H23N3O2S/c1-6-19-10-15(8-17-19)9-18-22(20,21)16-13(4)11(2)7-12(3)14(16)5/h7-8,10,18H,6,9H2,1-5H3. The van der Waals surface area contributed by atoms with Crippen LogP contribution in [0.1, 0.15) is 34.7 Å².